The average molecular weight is 384 g/mol. The molecule has 3 rings (SSSR count). The Bertz CT molecular complexity index is 918. The highest BCUT2D eigenvalue weighted by molar-refractivity contribution is 7.13. The molecule has 1 aromatic carbocycles. The monoisotopic (exact) mass is 384 g/mol. The van der Waals surface area contributed by atoms with Crippen LogP contribution in [0.25, 0.3) is 10.8 Å². The van der Waals surface area contributed by atoms with Crippen molar-refractivity contribution in [3.63, 3.8) is 0 Å². The molecule has 0 aliphatic carbocycles. The van der Waals surface area contributed by atoms with Gasteiger partial charge in [0.25, 0.3) is 0 Å². The van der Waals surface area contributed by atoms with Gasteiger partial charge in [-0.3, -0.25) is 9.59 Å². The molecule has 27 heavy (non-hydrogen) atoms. The fraction of sp³-hybridized carbons (Fsp3) is 0.250. The van der Waals surface area contributed by atoms with Gasteiger partial charge in [-0.25, -0.2) is 4.98 Å². The van der Waals surface area contributed by atoms with Crippen molar-refractivity contribution in [2.24, 2.45) is 5.92 Å². The summed E-state index contributed by atoms with van der Waals surface area (Å²) in [6, 6.07) is 11.5. The van der Waals surface area contributed by atoms with Gasteiger partial charge >= 0.3 is 5.97 Å². The number of nitrogens with one attached hydrogen (secondary N) is 1. The van der Waals surface area contributed by atoms with E-state index in [1.807, 2.05) is 48.7 Å². The van der Waals surface area contributed by atoms with Gasteiger partial charge in [0.1, 0.15) is 6.26 Å². The van der Waals surface area contributed by atoms with Gasteiger partial charge in [0.2, 0.25) is 11.8 Å². The molecule has 7 heteroatoms. The van der Waals surface area contributed by atoms with E-state index >= 15 is 0 Å². The highest BCUT2D eigenvalue weighted by Gasteiger charge is 2.20. The maximum Gasteiger partial charge on any atom is 0.308 e. The van der Waals surface area contributed by atoms with E-state index in [1.54, 1.807) is 0 Å². The van der Waals surface area contributed by atoms with Crippen molar-refractivity contribution in [1.29, 1.82) is 0 Å². The van der Waals surface area contributed by atoms with Crippen molar-refractivity contribution in [3.05, 3.63) is 64.9 Å². The third kappa shape index (κ3) is 5.27. The van der Waals surface area contributed by atoms with Crippen LogP contribution in [0.2, 0.25) is 0 Å². The van der Waals surface area contributed by atoms with Gasteiger partial charge in [-0.15, -0.1) is 11.3 Å². The summed E-state index contributed by atoms with van der Waals surface area (Å²) in [6.07, 6.45) is 1.87. The molecule has 2 aromatic heterocycles. The maximum absolute atomic E-state index is 12.2. The number of amides is 1. The molecule has 0 bridgehead atoms. The predicted octanol–water partition coefficient (Wildman–Crippen LogP) is 3.31. The molecular formula is C20H20N2O4S. The van der Waals surface area contributed by atoms with Crippen molar-refractivity contribution < 1.29 is 19.1 Å². The second kappa shape index (κ2) is 8.64. The Morgan fingerprint density at radius 3 is 2.85 bits per heavy atom. The molecule has 1 atom stereocenters. The van der Waals surface area contributed by atoms with Crippen LogP contribution in [0.5, 0.6) is 0 Å². The van der Waals surface area contributed by atoms with Crippen LogP contribution in [0.3, 0.4) is 0 Å². The normalized spacial score (nSPS) is 11.9. The Morgan fingerprint density at radius 2 is 2.15 bits per heavy atom. The minimum atomic E-state index is -0.932. The molecule has 3 aromatic rings. The lowest BCUT2D eigenvalue weighted by atomic mass is 9.98. The molecule has 0 saturated carbocycles. The average Bonchev–Trinajstić information content (AvgIpc) is 3.29. The van der Waals surface area contributed by atoms with Gasteiger partial charge in [-0.1, -0.05) is 35.9 Å². The van der Waals surface area contributed by atoms with E-state index in [2.05, 4.69) is 10.3 Å². The summed E-state index contributed by atoms with van der Waals surface area (Å²) in [7, 11) is 0. The lowest BCUT2D eigenvalue weighted by Gasteiger charge is -2.13. The molecule has 6 nitrogen and oxygen atoms in total. The lowest BCUT2D eigenvalue weighted by molar-refractivity contribution is -0.141. The minimum absolute atomic E-state index is 0.0473. The molecule has 0 spiro atoms. The summed E-state index contributed by atoms with van der Waals surface area (Å²) in [4.78, 5) is 28.9. The third-order valence-corrected chi connectivity index (χ3v) is 4.94. The zero-order chi connectivity index (χ0) is 19.2. The number of carboxylic acids is 1. The summed E-state index contributed by atoms with van der Waals surface area (Å²) < 4.78 is 5.39. The maximum atomic E-state index is 12.2. The van der Waals surface area contributed by atoms with Crippen LogP contribution in [0.15, 0.2) is 52.5 Å². The molecule has 0 fully saturated rings. The first-order valence-electron chi connectivity index (χ1n) is 8.54. The number of oxazole rings is 1. The molecule has 2 N–H and O–H groups in total. The summed E-state index contributed by atoms with van der Waals surface area (Å²) in [6.45, 7) is 2.03. The molecule has 0 aliphatic rings. The van der Waals surface area contributed by atoms with Gasteiger partial charge < -0.3 is 14.8 Å². The van der Waals surface area contributed by atoms with E-state index in [9.17, 15) is 14.7 Å². The molecule has 2 heterocycles. The fourth-order valence-electron chi connectivity index (χ4n) is 2.74. The zero-order valence-corrected chi connectivity index (χ0v) is 15.7. The Balaban J connectivity index is 1.54. The van der Waals surface area contributed by atoms with Crippen LogP contribution in [0.4, 0.5) is 0 Å². The lowest BCUT2D eigenvalue weighted by Crippen LogP contribution is -2.35. The van der Waals surface area contributed by atoms with Gasteiger partial charge in [0.15, 0.2) is 0 Å². The minimum Gasteiger partial charge on any atom is -0.481 e. The van der Waals surface area contributed by atoms with Gasteiger partial charge in [-0.2, -0.15) is 0 Å². The van der Waals surface area contributed by atoms with Crippen molar-refractivity contribution >= 4 is 23.2 Å². The number of aliphatic carboxylic acids is 1. The second-order valence-electron chi connectivity index (χ2n) is 6.33. The highest BCUT2D eigenvalue weighted by Crippen LogP contribution is 2.23. The first-order chi connectivity index (χ1) is 13.0. The number of aryl methyl sites for hydroxylation is 1. The number of hydrogen-bond donors (Lipinski definition) is 2. The van der Waals surface area contributed by atoms with E-state index in [0.29, 0.717) is 18.0 Å². The Kier molecular flexibility index (Phi) is 6.03. The number of thiophene rings is 1. The predicted molar refractivity (Wildman–Crippen MR) is 103 cm³/mol. The van der Waals surface area contributed by atoms with E-state index in [0.717, 1.165) is 16.0 Å². The van der Waals surface area contributed by atoms with E-state index in [-0.39, 0.29) is 18.9 Å². The molecule has 0 saturated heterocycles. The Hall–Kier alpha value is -2.93. The van der Waals surface area contributed by atoms with E-state index in [1.165, 1.54) is 17.6 Å². The molecular weight excluding hydrogens is 364 g/mol. The van der Waals surface area contributed by atoms with E-state index < -0.39 is 11.9 Å². The second-order valence-corrected chi connectivity index (χ2v) is 7.28. The summed E-state index contributed by atoms with van der Waals surface area (Å²) in [5.41, 5.74) is 2.53. The van der Waals surface area contributed by atoms with Crippen LogP contribution in [0.1, 0.15) is 16.8 Å². The third-order valence-electron chi connectivity index (χ3n) is 4.08. The van der Waals surface area contributed by atoms with Crippen molar-refractivity contribution in [2.45, 2.75) is 19.8 Å². The molecule has 1 unspecified atom stereocenters. The smallest absolute Gasteiger partial charge is 0.308 e. The van der Waals surface area contributed by atoms with Crippen molar-refractivity contribution in [1.82, 2.24) is 10.3 Å². The number of hydrogen-bond acceptors (Lipinski definition) is 5. The van der Waals surface area contributed by atoms with Crippen LogP contribution < -0.4 is 5.32 Å². The summed E-state index contributed by atoms with van der Waals surface area (Å²) in [5.74, 6) is -1.42. The summed E-state index contributed by atoms with van der Waals surface area (Å²) >= 11 is 1.51. The van der Waals surface area contributed by atoms with Crippen LogP contribution in [-0.2, 0) is 22.4 Å². The van der Waals surface area contributed by atoms with Crippen molar-refractivity contribution in [2.75, 3.05) is 6.54 Å². The first kappa shape index (κ1) is 18.8. The summed E-state index contributed by atoms with van der Waals surface area (Å²) in [5, 5.41) is 14.1. The van der Waals surface area contributed by atoms with Crippen molar-refractivity contribution in [3.8, 4) is 10.8 Å². The Labute approximate surface area is 160 Å². The number of aromatic nitrogens is 1. The van der Waals surface area contributed by atoms with E-state index in [4.69, 9.17) is 4.42 Å². The first-order valence-corrected chi connectivity index (χ1v) is 9.42. The number of carboxylic acid groups (broad SMARTS) is 1. The molecule has 0 aliphatic heterocycles. The highest BCUT2D eigenvalue weighted by atomic mass is 32.1. The SMILES string of the molecule is Cc1cccc(CC(CNC(=O)Cc2coc(-c3cccs3)n2)C(=O)O)c1. The number of nitrogens with zero attached hydrogens (tertiary/aromatic N) is 1. The fourth-order valence-corrected chi connectivity index (χ4v) is 3.39. The number of carbonyl (C=O) groups excluding carboxylic acids is 1. The van der Waals surface area contributed by atoms with Crippen LogP contribution in [-0.4, -0.2) is 28.5 Å². The quantitative estimate of drug-likeness (QED) is 0.622. The Morgan fingerprint density at radius 1 is 1.30 bits per heavy atom. The van der Waals surface area contributed by atoms with Gasteiger partial charge in [0.05, 0.1) is 22.9 Å². The molecule has 140 valence electrons. The van der Waals surface area contributed by atoms with Gasteiger partial charge in [-0.05, 0) is 30.4 Å². The number of carbonyl (C=O) groups is 2. The molecule has 0 radical (unpaired) electrons. The topological polar surface area (TPSA) is 92.4 Å². The zero-order valence-electron chi connectivity index (χ0n) is 14.8. The standard InChI is InChI=1S/C20H20N2O4S/c1-13-4-2-5-14(8-13)9-15(20(24)25)11-21-18(23)10-16-12-26-19(22-16)17-6-3-7-27-17/h2-8,12,15H,9-11H2,1H3,(H,21,23)(H,24,25). The van der Waals surface area contributed by atoms with Crippen LogP contribution >= 0.6 is 11.3 Å². The van der Waals surface area contributed by atoms with Gasteiger partial charge in [0, 0.05) is 6.54 Å². The largest absolute Gasteiger partial charge is 0.481 e. The number of rotatable bonds is 8. The van der Waals surface area contributed by atoms with Crippen LogP contribution in [0, 0.1) is 12.8 Å². The molecule has 1 amide bonds. The number of benzene rings is 1.